The van der Waals surface area contributed by atoms with Crippen LogP contribution in [0.5, 0.6) is 0 Å². The van der Waals surface area contributed by atoms with Crippen LogP contribution in [0.4, 0.5) is 0 Å². The second-order valence-corrected chi connectivity index (χ2v) is 13.1. The van der Waals surface area contributed by atoms with Crippen molar-refractivity contribution in [3.05, 3.63) is 170 Å². The third-order valence-electron chi connectivity index (χ3n) is 9.87. The summed E-state index contributed by atoms with van der Waals surface area (Å²) < 4.78 is 2.38. The maximum atomic E-state index is 4.29. The van der Waals surface area contributed by atoms with Gasteiger partial charge in [-0.15, -0.1) is 0 Å². The Kier molecular flexibility index (Phi) is 7.36. The topological polar surface area (TPSA) is 17.8 Å². The number of nitrogens with zero attached hydrogens (tertiary/aromatic N) is 2. The summed E-state index contributed by atoms with van der Waals surface area (Å²) in [5.74, 6) is 0. The van der Waals surface area contributed by atoms with Crippen molar-refractivity contribution < 1.29 is 0 Å². The summed E-state index contributed by atoms with van der Waals surface area (Å²) in [4.78, 5) is 4.29. The maximum Gasteiger partial charge on any atom is 0.0541 e. The lowest BCUT2D eigenvalue weighted by Gasteiger charge is -2.17. The Balaban J connectivity index is 0.00000109. The highest BCUT2D eigenvalue weighted by atomic mass is 15.0. The van der Waals surface area contributed by atoms with Crippen LogP contribution >= 0.6 is 0 Å². The van der Waals surface area contributed by atoms with Crippen LogP contribution in [0.25, 0.3) is 93.2 Å². The Hall–Kier alpha value is -6.25. The second-order valence-electron chi connectivity index (χ2n) is 13.1. The van der Waals surface area contributed by atoms with Crippen molar-refractivity contribution in [3.8, 4) is 39.1 Å². The smallest absolute Gasteiger partial charge is 0.0541 e. The number of pyridine rings is 1. The first kappa shape index (κ1) is 29.9. The average Bonchev–Trinajstić information content (AvgIpc) is 3.52. The molecule has 10 aromatic rings. The fourth-order valence-electron chi connectivity index (χ4n) is 7.67. The van der Waals surface area contributed by atoms with Crippen molar-refractivity contribution in [3.63, 3.8) is 0 Å². The zero-order valence-electron chi connectivity index (χ0n) is 28.3. The largest absolute Gasteiger partial charge is 0.309 e. The van der Waals surface area contributed by atoms with Gasteiger partial charge in [0.05, 0.1) is 11.0 Å². The molecule has 0 amide bonds. The van der Waals surface area contributed by atoms with Gasteiger partial charge in [0.15, 0.2) is 0 Å². The minimum atomic E-state index is 1.13. The quantitative estimate of drug-likeness (QED) is 0.175. The molecule has 0 aliphatic carbocycles. The van der Waals surface area contributed by atoms with Gasteiger partial charge in [0, 0.05) is 28.9 Å². The highest BCUT2D eigenvalue weighted by molar-refractivity contribution is 6.27. The average molecular weight is 641 g/mol. The highest BCUT2D eigenvalue weighted by Crippen LogP contribution is 2.43. The Morgan fingerprint density at radius 2 is 0.900 bits per heavy atom. The van der Waals surface area contributed by atoms with E-state index in [0.29, 0.717) is 0 Å². The first-order valence-corrected chi connectivity index (χ1v) is 17.5. The van der Waals surface area contributed by atoms with E-state index < -0.39 is 0 Å². The van der Waals surface area contributed by atoms with E-state index in [1.54, 1.807) is 0 Å². The maximum absolute atomic E-state index is 4.29. The Morgan fingerprint density at radius 1 is 0.420 bits per heavy atom. The summed E-state index contributed by atoms with van der Waals surface area (Å²) in [6.07, 6.45) is 4.98. The number of benzene rings is 8. The lowest BCUT2D eigenvalue weighted by atomic mass is 9.87. The number of aromatic nitrogens is 2. The molecule has 0 saturated carbocycles. The molecule has 10 rings (SSSR count). The number of fused-ring (bicyclic) bond motifs is 3. The van der Waals surface area contributed by atoms with Gasteiger partial charge in [0.2, 0.25) is 0 Å². The van der Waals surface area contributed by atoms with E-state index in [-0.39, 0.29) is 0 Å². The van der Waals surface area contributed by atoms with E-state index in [1.807, 2.05) is 18.5 Å². The van der Waals surface area contributed by atoms with E-state index in [1.165, 1.54) is 94.0 Å². The molecule has 0 saturated heterocycles. The number of para-hydroxylation sites is 2. The van der Waals surface area contributed by atoms with Gasteiger partial charge >= 0.3 is 0 Å². The van der Waals surface area contributed by atoms with Crippen molar-refractivity contribution in [1.29, 1.82) is 0 Å². The SMILES string of the molecule is CCC.c1cncc(-c2ccc(-c3ccc4ccc5c(-c6ccc(-n7c8ccccc8c8ccccc87)cc6)ccc6ccc3c4c65)cc2)c1. The Morgan fingerprint density at radius 3 is 1.42 bits per heavy atom. The summed E-state index contributed by atoms with van der Waals surface area (Å²) in [5.41, 5.74) is 10.9. The van der Waals surface area contributed by atoms with Crippen LogP contribution in [0.1, 0.15) is 20.3 Å². The molecule has 0 fully saturated rings. The third kappa shape index (κ3) is 4.83. The molecule has 2 nitrogen and oxygen atoms in total. The lowest BCUT2D eigenvalue weighted by molar-refractivity contribution is 1.09. The second kappa shape index (κ2) is 12.3. The van der Waals surface area contributed by atoms with E-state index >= 15 is 0 Å². The lowest BCUT2D eigenvalue weighted by Crippen LogP contribution is -1.94. The van der Waals surface area contributed by atoms with E-state index in [4.69, 9.17) is 0 Å². The van der Waals surface area contributed by atoms with Gasteiger partial charge in [-0.3, -0.25) is 4.98 Å². The zero-order chi connectivity index (χ0) is 33.6. The molecule has 2 aromatic heterocycles. The van der Waals surface area contributed by atoms with Crippen molar-refractivity contribution in [2.75, 3.05) is 0 Å². The molecule has 50 heavy (non-hydrogen) atoms. The van der Waals surface area contributed by atoms with Crippen molar-refractivity contribution in [2.45, 2.75) is 20.3 Å². The van der Waals surface area contributed by atoms with Gasteiger partial charge in [-0.25, -0.2) is 0 Å². The number of rotatable bonds is 4. The number of hydrogen-bond acceptors (Lipinski definition) is 1. The molecule has 0 bridgehead atoms. The third-order valence-corrected chi connectivity index (χ3v) is 9.87. The van der Waals surface area contributed by atoms with Crippen molar-refractivity contribution >= 4 is 54.1 Å². The fraction of sp³-hybridized carbons (Fsp3) is 0.0625. The first-order valence-electron chi connectivity index (χ1n) is 17.5. The molecule has 2 heteroatoms. The minimum absolute atomic E-state index is 1.13. The first-order chi connectivity index (χ1) is 24.7. The molecular formula is C48H36N2. The van der Waals surface area contributed by atoms with Crippen LogP contribution < -0.4 is 0 Å². The molecule has 0 spiro atoms. The molecule has 0 radical (unpaired) electrons. The monoisotopic (exact) mass is 640 g/mol. The summed E-state index contributed by atoms with van der Waals surface area (Å²) in [6.45, 7) is 4.25. The van der Waals surface area contributed by atoms with Gasteiger partial charge in [0.1, 0.15) is 0 Å². The molecule has 0 atom stereocenters. The van der Waals surface area contributed by atoms with Crippen LogP contribution in [0.2, 0.25) is 0 Å². The molecule has 2 heterocycles. The summed E-state index contributed by atoms with van der Waals surface area (Å²) in [7, 11) is 0. The normalized spacial score (nSPS) is 11.5. The molecule has 0 N–H and O–H groups in total. The zero-order valence-corrected chi connectivity index (χ0v) is 28.3. The predicted octanol–water partition coefficient (Wildman–Crippen LogP) is 13.5. The minimum Gasteiger partial charge on any atom is -0.309 e. The Labute approximate surface area is 292 Å². The van der Waals surface area contributed by atoms with Gasteiger partial charge in [-0.05, 0) is 96.0 Å². The summed E-state index contributed by atoms with van der Waals surface area (Å²) in [6, 6.07) is 57.7. The summed E-state index contributed by atoms with van der Waals surface area (Å²) in [5, 5.41) is 10.3. The Bertz CT molecular complexity index is 2720. The van der Waals surface area contributed by atoms with Gasteiger partial charge in [-0.2, -0.15) is 0 Å². The molecule has 8 aromatic carbocycles. The van der Waals surface area contributed by atoms with Gasteiger partial charge in [-0.1, -0.05) is 148 Å². The summed E-state index contributed by atoms with van der Waals surface area (Å²) >= 11 is 0. The standard InChI is InChI=1S/C45H28N2.C3H8/c1-3-9-42-38(7-1)39-8-2-4-10-43(39)47(42)35-21-15-31(16-22-35)37-24-18-33-19-25-40-36(23-17-32-20-26-41(37)45(33)44(32)40)30-13-11-29(12-14-30)34-6-5-27-46-28-34;1-3-2/h1-28H;3H2,1-2H3. The van der Waals surface area contributed by atoms with Crippen LogP contribution in [-0.4, -0.2) is 9.55 Å². The fourth-order valence-corrected chi connectivity index (χ4v) is 7.67. The van der Waals surface area contributed by atoms with Crippen LogP contribution in [0, 0.1) is 0 Å². The van der Waals surface area contributed by atoms with Crippen LogP contribution in [0.3, 0.4) is 0 Å². The van der Waals surface area contributed by atoms with E-state index in [2.05, 4.69) is 175 Å². The van der Waals surface area contributed by atoms with Crippen LogP contribution in [-0.2, 0) is 0 Å². The van der Waals surface area contributed by atoms with Crippen molar-refractivity contribution in [2.24, 2.45) is 0 Å². The molecule has 0 aliphatic rings. The molecular weight excluding hydrogens is 605 g/mol. The predicted molar refractivity (Wildman–Crippen MR) is 215 cm³/mol. The van der Waals surface area contributed by atoms with Crippen molar-refractivity contribution in [1.82, 2.24) is 9.55 Å². The van der Waals surface area contributed by atoms with E-state index in [0.717, 1.165) is 5.56 Å². The molecule has 0 unspecified atom stereocenters. The van der Waals surface area contributed by atoms with E-state index in [9.17, 15) is 0 Å². The van der Waals surface area contributed by atoms with Crippen LogP contribution in [0.15, 0.2) is 170 Å². The van der Waals surface area contributed by atoms with Gasteiger partial charge < -0.3 is 4.57 Å². The molecule has 0 aliphatic heterocycles. The number of hydrogen-bond donors (Lipinski definition) is 0. The highest BCUT2D eigenvalue weighted by Gasteiger charge is 2.16. The molecule has 238 valence electrons. The van der Waals surface area contributed by atoms with Gasteiger partial charge in [0.25, 0.3) is 0 Å².